The highest BCUT2D eigenvalue weighted by atomic mass is 19.1. The summed E-state index contributed by atoms with van der Waals surface area (Å²) >= 11 is 0. The molecule has 9 heteroatoms. The molecule has 1 heterocycles. The smallest absolute Gasteiger partial charge is 0.254 e. The van der Waals surface area contributed by atoms with Gasteiger partial charge in [0.25, 0.3) is 5.91 Å². The van der Waals surface area contributed by atoms with E-state index in [4.69, 9.17) is 4.74 Å². The first-order valence-electron chi connectivity index (χ1n) is 13.6. The Morgan fingerprint density at radius 2 is 1.88 bits per heavy atom. The van der Waals surface area contributed by atoms with Gasteiger partial charge in [0, 0.05) is 38.3 Å². The SMILES string of the molecule is CCNc1cc(C(=O)NC(Cc2ccccc2)C(O)CNCc2cccc(OC)c2)c(F)c(N2CCCC2=O)c1. The zero-order valence-electron chi connectivity index (χ0n) is 23.0. The number of carbonyl (C=O) groups excluding carboxylic acids is 2. The van der Waals surface area contributed by atoms with E-state index in [1.807, 2.05) is 61.5 Å². The van der Waals surface area contributed by atoms with Gasteiger partial charge in [-0.05, 0) is 55.2 Å². The second kappa shape index (κ2) is 13.9. The Labute approximate surface area is 234 Å². The first-order valence-corrected chi connectivity index (χ1v) is 13.6. The second-order valence-electron chi connectivity index (χ2n) is 9.86. The molecule has 3 aromatic rings. The largest absolute Gasteiger partial charge is 0.497 e. The number of amides is 2. The summed E-state index contributed by atoms with van der Waals surface area (Å²) in [6, 6.07) is 19.4. The van der Waals surface area contributed by atoms with Crippen LogP contribution in [-0.2, 0) is 17.8 Å². The van der Waals surface area contributed by atoms with Crippen molar-refractivity contribution in [1.82, 2.24) is 10.6 Å². The second-order valence-corrected chi connectivity index (χ2v) is 9.86. The van der Waals surface area contributed by atoms with E-state index in [1.165, 1.54) is 11.0 Å². The molecule has 40 heavy (non-hydrogen) atoms. The number of nitrogens with zero attached hydrogens (tertiary/aromatic N) is 1. The maximum atomic E-state index is 15.7. The molecule has 0 aromatic heterocycles. The van der Waals surface area contributed by atoms with Gasteiger partial charge in [-0.15, -0.1) is 0 Å². The monoisotopic (exact) mass is 548 g/mol. The topological polar surface area (TPSA) is 103 Å². The molecule has 1 aliphatic rings. The third-order valence-corrected chi connectivity index (χ3v) is 6.94. The van der Waals surface area contributed by atoms with E-state index in [-0.39, 0.29) is 23.7 Å². The van der Waals surface area contributed by atoms with E-state index in [0.717, 1.165) is 16.9 Å². The first-order chi connectivity index (χ1) is 19.4. The molecule has 0 saturated carbocycles. The lowest BCUT2D eigenvalue weighted by Gasteiger charge is -2.26. The highest BCUT2D eigenvalue weighted by Gasteiger charge is 2.29. The predicted molar refractivity (Wildman–Crippen MR) is 154 cm³/mol. The summed E-state index contributed by atoms with van der Waals surface area (Å²) in [5.41, 5.74) is 2.36. The number of ether oxygens (including phenoxy) is 1. The molecule has 0 bridgehead atoms. The number of rotatable bonds is 13. The minimum absolute atomic E-state index is 0.0891. The fourth-order valence-electron chi connectivity index (χ4n) is 4.87. The van der Waals surface area contributed by atoms with Gasteiger partial charge in [0.15, 0.2) is 5.82 Å². The maximum Gasteiger partial charge on any atom is 0.254 e. The van der Waals surface area contributed by atoms with Crippen LogP contribution in [0.2, 0.25) is 0 Å². The molecule has 1 fully saturated rings. The average molecular weight is 549 g/mol. The standard InChI is InChI=1S/C31H37FN4O4/c1-3-34-23-17-25(30(32)27(18-23)36-14-8-13-29(36)38)31(39)35-26(16-21-9-5-4-6-10-21)28(37)20-33-19-22-11-7-12-24(15-22)40-2/h4-7,9-12,15,17-18,26,28,33-34,37H,3,8,13-14,16,19-20H2,1-2H3,(H,35,39). The summed E-state index contributed by atoms with van der Waals surface area (Å²) in [5, 5.41) is 20.4. The molecule has 2 amide bonds. The molecule has 4 N–H and O–H groups in total. The van der Waals surface area contributed by atoms with Crippen LogP contribution in [0.5, 0.6) is 5.75 Å². The number of hydrogen-bond acceptors (Lipinski definition) is 6. The molecule has 2 atom stereocenters. The number of hydrogen-bond donors (Lipinski definition) is 4. The molecule has 1 aliphatic heterocycles. The van der Waals surface area contributed by atoms with E-state index in [2.05, 4.69) is 16.0 Å². The average Bonchev–Trinajstić information content (AvgIpc) is 3.39. The Balaban J connectivity index is 1.53. The Morgan fingerprint density at radius 1 is 1.10 bits per heavy atom. The van der Waals surface area contributed by atoms with Gasteiger partial charge in [-0.3, -0.25) is 9.59 Å². The lowest BCUT2D eigenvalue weighted by Crippen LogP contribution is -2.49. The van der Waals surface area contributed by atoms with Gasteiger partial charge in [0.2, 0.25) is 5.91 Å². The molecule has 0 radical (unpaired) electrons. The van der Waals surface area contributed by atoms with Crippen molar-refractivity contribution >= 4 is 23.2 Å². The van der Waals surface area contributed by atoms with E-state index in [1.54, 1.807) is 13.2 Å². The van der Waals surface area contributed by atoms with Gasteiger partial charge in [0.1, 0.15) is 5.75 Å². The lowest BCUT2D eigenvalue weighted by molar-refractivity contribution is -0.117. The van der Waals surface area contributed by atoms with Gasteiger partial charge >= 0.3 is 0 Å². The van der Waals surface area contributed by atoms with Crippen molar-refractivity contribution in [3.63, 3.8) is 0 Å². The van der Waals surface area contributed by atoms with Crippen molar-refractivity contribution < 1.29 is 23.8 Å². The maximum absolute atomic E-state index is 15.7. The highest BCUT2D eigenvalue weighted by molar-refractivity contribution is 6.00. The van der Waals surface area contributed by atoms with Crippen LogP contribution in [0.15, 0.2) is 66.7 Å². The Kier molecular flexibility index (Phi) is 10.1. The minimum Gasteiger partial charge on any atom is -0.497 e. The minimum atomic E-state index is -0.964. The van der Waals surface area contributed by atoms with Gasteiger partial charge in [0.05, 0.1) is 30.5 Å². The molecule has 2 unspecified atom stereocenters. The van der Waals surface area contributed by atoms with Crippen molar-refractivity contribution in [2.45, 2.75) is 44.9 Å². The Bertz CT molecular complexity index is 1300. The zero-order chi connectivity index (χ0) is 28.5. The van der Waals surface area contributed by atoms with Crippen LogP contribution in [0.1, 0.15) is 41.3 Å². The molecule has 212 valence electrons. The Hall–Kier alpha value is -3.95. The zero-order valence-corrected chi connectivity index (χ0v) is 23.0. The molecule has 3 aromatic carbocycles. The third-order valence-electron chi connectivity index (χ3n) is 6.94. The highest BCUT2D eigenvalue weighted by Crippen LogP contribution is 2.30. The number of aliphatic hydroxyl groups excluding tert-OH is 1. The van der Waals surface area contributed by atoms with Crippen molar-refractivity contribution in [1.29, 1.82) is 0 Å². The van der Waals surface area contributed by atoms with E-state index >= 15 is 4.39 Å². The molecule has 4 rings (SSSR count). The molecule has 1 saturated heterocycles. The van der Waals surface area contributed by atoms with Crippen LogP contribution < -0.4 is 25.6 Å². The summed E-state index contributed by atoms with van der Waals surface area (Å²) in [4.78, 5) is 27.3. The van der Waals surface area contributed by atoms with Crippen LogP contribution in [0.3, 0.4) is 0 Å². The summed E-state index contributed by atoms with van der Waals surface area (Å²) in [7, 11) is 1.61. The molecular weight excluding hydrogens is 511 g/mol. The van der Waals surface area contributed by atoms with Gasteiger partial charge < -0.3 is 30.7 Å². The number of carbonyl (C=O) groups is 2. The summed E-state index contributed by atoms with van der Waals surface area (Å²) in [5.74, 6) is -0.833. The third kappa shape index (κ3) is 7.37. The fourth-order valence-corrected chi connectivity index (χ4v) is 4.87. The lowest BCUT2D eigenvalue weighted by atomic mass is 10.00. The van der Waals surface area contributed by atoms with E-state index < -0.39 is 23.9 Å². The fraction of sp³-hybridized carbons (Fsp3) is 0.355. The van der Waals surface area contributed by atoms with E-state index in [0.29, 0.717) is 44.6 Å². The van der Waals surface area contributed by atoms with Gasteiger partial charge in [-0.25, -0.2) is 4.39 Å². The van der Waals surface area contributed by atoms with Crippen LogP contribution >= 0.6 is 0 Å². The van der Waals surface area contributed by atoms with Crippen LogP contribution in [0.4, 0.5) is 15.8 Å². The van der Waals surface area contributed by atoms with Crippen molar-refractivity contribution in [2.24, 2.45) is 0 Å². The van der Waals surface area contributed by atoms with Crippen LogP contribution in [0.25, 0.3) is 0 Å². The normalized spacial score (nSPS) is 14.6. The number of methoxy groups -OCH3 is 1. The molecule has 0 aliphatic carbocycles. The quantitative estimate of drug-likeness (QED) is 0.259. The number of benzene rings is 3. The molecule has 8 nitrogen and oxygen atoms in total. The van der Waals surface area contributed by atoms with Crippen LogP contribution in [0, 0.1) is 5.82 Å². The van der Waals surface area contributed by atoms with Crippen molar-refractivity contribution in [2.75, 3.05) is 37.0 Å². The van der Waals surface area contributed by atoms with Crippen molar-refractivity contribution in [3.05, 3.63) is 89.2 Å². The summed E-state index contributed by atoms with van der Waals surface area (Å²) in [6.07, 6.45) is 0.370. The number of nitrogens with one attached hydrogen (secondary N) is 3. The predicted octanol–water partition coefficient (Wildman–Crippen LogP) is 3.88. The molecule has 0 spiro atoms. The Morgan fingerprint density at radius 3 is 2.58 bits per heavy atom. The van der Waals surface area contributed by atoms with Gasteiger partial charge in [-0.1, -0.05) is 42.5 Å². The van der Waals surface area contributed by atoms with E-state index in [9.17, 15) is 14.7 Å². The summed E-state index contributed by atoms with van der Waals surface area (Å²) < 4.78 is 21.0. The molecular formula is C31H37FN4O4. The first kappa shape index (κ1) is 29.0. The van der Waals surface area contributed by atoms with Crippen LogP contribution in [-0.4, -0.2) is 55.8 Å². The number of aliphatic hydroxyl groups is 1. The van der Waals surface area contributed by atoms with Crippen molar-refractivity contribution in [3.8, 4) is 5.75 Å². The number of halogens is 1. The number of anilines is 2. The van der Waals surface area contributed by atoms with Gasteiger partial charge in [-0.2, -0.15) is 0 Å². The summed E-state index contributed by atoms with van der Waals surface area (Å²) in [6.45, 7) is 3.55.